The van der Waals surface area contributed by atoms with Gasteiger partial charge in [0.2, 0.25) is 5.91 Å². The minimum Gasteiger partial charge on any atom is -0.481 e. The van der Waals surface area contributed by atoms with Gasteiger partial charge < -0.3 is 25.6 Å². The molecule has 0 aliphatic heterocycles. The first-order valence-electron chi connectivity index (χ1n) is 6.97. The zero-order valence-corrected chi connectivity index (χ0v) is 12.9. The molecule has 1 aromatic carbocycles. The Labute approximate surface area is 137 Å². The molecule has 2 unspecified atom stereocenters. The van der Waals surface area contributed by atoms with Crippen LogP contribution < -0.4 is 10.6 Å². The smallest absolute Gasteiger partial charge is 0.407 e. The van der Waals surface area contributed by atoms with Gasteiger partial charge >= 0.3 is 18.0 Å². The lowest BCUT2D eigenvalue weighted by molar-refractivity contribution is -0.142. The molecule has 1 rings (SSSR count). The van der Waals surface area contributed by atoms with Crippen molar-refractivity contribution in [3.63, 3.8) is 0 Å². The molecule has 0 spiro atoms. The fourth-order valence-electron chi connectivity index (χ4n) is 1.91. The second-order valence-corrected chi connectivity index (χ2v) is 4.88. The normalized spacial score (nSPS) is 12.5. The fraction of sp³-hybridized carbons (Fsp3) is 0.333. The third kappa shape index (κ3) is 6.34. The number of ether oxygens (including phenoxy) is 1. The number of benzene rings is 1. The van der Waals surface area contributed by atoms with Crippen molar-refractivity contribution in [3.8, 4) is 0 Å². The number of carboxylic acid groups (broad SMARTS) is 2. The average Bonchev–Trinajstić information content (AvgIpc) is 2.53. The lowest BCUT2D eigenvalue weighted by atomic mass is 10.1. The molecule has 9 nitrogen and oxygen atoms in total. The van der Waals surface area contributed by atoms with E-state index in [1.807, 2.05) is 0 Å². The predicted molar refractivity (Wildman–Crippen MR) is 81.3 cm³/mol. The molecule has 0 aromatic heterocycles. The Kier molecular flexibility index (Phi) is 7.21. The van der Waals surface area contributed by atoms with Crippen molar-refractivity contribution in [2.24, 2.45) is 0 Å². The van der Waals surface area contributed by atoms with E-state index in [0.717, 1.165) is 7.11 Å². The molecular formula is C15H18N2O7. The van der Waals surface area contributed by atoms with Gasteiger partial charge in [0.1, 0.15) is 12.1 Å². The number of hydrogen-bond donors (Lipinski definition) is 4. The molecule has 24 heavy (non-hydrogen) atoms. The summed E-state index contributed by atoms with van der Waals surface area (Å²) in [4.78, 5) is 45.4. The van der Waals surface area contributed by atoms with E-state index < -0.39 is 42.4 Å². The number of carbonyl (C=O) groups is 4. The number of amides is 2. The molecule has 2 atom stereocenters. The number of hydrogen-bond acceptors (Lipinski definition) is 5. The van der Waals surface area contributed by atoms with E-state index in [-0.39, 0.29) is 6.42 Å². The monoisotopic (exact) mass is 338 g/mol. The summed E-state index contributed by atoms with van der Waals surface area (Å²) in [6.45, 7) is 0. The summed E-state index contributed by atoms with van der Waals surface area (Å²) in [7, 11) is 1.06. The predicted octanol–water partition coefficient (Wildman–Crippen LogP) is -0.00220. The summed E-state index contributed by atoms with van der Waals surface area (Å²) in [5.74, 6) is -3.54. The van der Waals surface area contributed by atoms with Crippen LogP contribution in [-0.4, -0.2) is 53.3 Å². The molecule has 0 saturated heterocycles. The van der Waals surface area contributed by atoms with Crippen molar-refractivity contribution in [2.75, 3.05) is 7.11 Å². The molecule has 130 valence electrons. The van der Waals surface area contributed by atoms with Gasteiger partial charge in [-0.05, 0) is 5.56 Å². The minimum atomic E-state index is -1.45. The first kappa shape index (κ1) is 18.9. The van der Waals surface area contributed by atoms with Gasteiger partial charge in [-0.1, -0.05) is 30.3 Å². The second-order valence-electron chi connectivity index (χ2n) is 4.88. The molecule has 0 fully saturated rings. The molecule has 2 amide bonds. The first-order valence-corrected chi connectivity index (χ1v) is 6.97. The SMILES string of the molecule is COC(=O)NC(CC(=O)O)C(=O)NC(Cc1ccccc1)C(=O)O. The maximum atomic E-state index is 12.1. The number of nitrogens with one attached hydrogen (secondary N) is 2. The van der Waals surface area contributed by atoms with Crippen LogP contribution in [0.2, 0.25) is 0 Å². The topological polar surface area (TPSA) is 142 Å². The van der Waals surface area contributed by atoms with Crippen molar-refractivity contribution in [1.82, 2.24) is 10.6 Å². The van der Waals surface area contributed by atoms with E-state index in [1.165, 1.54) is 0 Å². The average molecular weight is 338 g/mol. The summed E-state index contributed by atoms with van der Waals surface area (Å²) in [6, 6.07) is 5.89. The van der Waals surface area contributed by atoms with E-state index in [0.29, 0.717) is 5.56 Å². The van der Waals surface area contributed by atoms with Gasteiger partial charge in [0.15, 0.2) is 0 Å². The zero-order valence-electron chi connectivity index (χ0n) is 12.9. The summed E-state index contributed by atoms with van der Waals surface area (Å²) in [6.07, 6.45) is -1.69. The molecular weight excluding hydrogens is 320 g/mol. The fourth-order valence-corrected chi connectivity index (χ4v) is 1.91. The summed E-state index contributed by atoms with van der Waals surface area (Å²) >= 11 is 0. The Bertz CT molecular complexity index is 603. The zero-order chi connectivity index (χ0) is 18.1. The Hall–Kier alpha value is -3.10. The third-order valence-corrected chi connectivity index (χ3v) is 3.07. The van der Waals surface area contributed by atoms with Crippen molar-refractivity contribution in [3.05, 3.63) is 35.9 Å². The number of carboxylic acids is 2. The van der Waals surface area contributed by atoms with Crippen molar-refractivity contribution in [1.29, 1.82) is 0 Å². The molecule has 4 N–H and O–H groups in total. The van der Waals surface area contributed by atoms with Gasteiger partial charge in [-0.15, -0.1) is 0 Å². The number of aliphatic carboxylic acids is 2. The first-order chi connectivity index (χ1) is 11.3. The number of carbonyl (C=O) groups excluding carboxylic acids is 2. The highest BCUT2D eigenvalue weighted by Gasteiger charge is 2.28. The van der Waals surface area contributed by atoms with Crippen LogP contribution in [0.5, 0.6) is 0 Å². The Morgan fingerprint density at radius 2 is 1.67 bits per heavy atom. The number of alkyl carbamates (subject to hydrolysis) is 1. The standard InChI is InChI=1S/C15H18N2O7/c1-24-15(23)17-10(8-12(18)19)13(20)16-11(14(21)22)7-9-5-3-2-4-6-9/h2-6,10-11H,7-8H2,1H3,(H,16,20)(H,17,23)(H,18,19)(H,21,22). The van der Waals surface area contributed by atoms with Gasteiger partial charge in [-0.3, -0.25) is 9.59 Å². The van der Waals surface area contributed by atoms with Gasteiger partial charge in [0.25, 0.3) is 0 Å². The van der Waals surface area contributed by atoms with Crippen molar-refractivity contribution in [2.45, 2.75) is 24.9 Å². The van der Waals surface area contributed by atoms with Crippen LogP contribution in [0.1, 0.15) is 12.0 Å². The number of methoxy groups -OCH3 is 1. The van der Waals surface area contributed by atoms with Gasteiger partial charge in [0, 0.05) is 6.42 Å². The van der Waals surface area contributed by atoms with Crippen LogP contribution in [0.25, 0.3) is 0 Å². The Morgan fingerprint density at radius 1 is 1.04 bits per heavy atom. The molecule has 0 aliphatic rings. The van der Waals surface area contributed by atoms with Crippen LogP contribution in [0.4, 0.5) is 4.79 Å². The maximum Gasteiger partial charge on any atom is 0.407 e. The van der Waals surface area contributed by atoms with E-state index in [1.54, 1.807) is 30.3 Å². The summed E-state index contributed by atoms with van der Waals surface area (Å²) < 4.78 is 4.32. The van der Waals surface area contributed by atoms with E-state index >= 15 is 0 Å². The lowest BCUT2D eigenvalue weighted by Gasteiger charge is -2.20. The highest BCUT2D eigenvalue weighted by atomic mass is 16.5. The maximum absolute atomic E-state index is 12.1. The molecule has 9 heteroatoms. The Balaban J connectivity index is 2.81. The molecule has 1 aromatic rings. The van der Waals surface area contributed by atoms with E-state index in [9.17, 15) is 24.3 Å². The molecule has 0 saturated carbocycles. The van der Waals surface area contributed by atoms with Crippen molar-refractivity contribution < 1.29 is 34.1 Å². The molecule has 0 radical (unpaired) electrons. The van der Waals surface area contributed by atoms with Crippen molar-refractivity contribution >= 4 is 23.9 Å². The van der Waals surface area contributed by atoms with Gasteiger partial charge in [0.05, 0.1) is 13.5 Å². The third-order valence-electron chi connectivity index (χ3n) is 3.07. The molecule has 0 heterocycles. The van der Waals surface area contributed by atoms with E-state index in [2.05, 4.69) is 15.4 Å². The number of rotatable bonds is 8. The van der Waals surface area contributed by atoms with Gasteiger partial charge in [-0.2, -0.15) is 0 Å². The van der Waals surface area contributed by atoms with Gasteiger partial charge in [-0.25, -0.2) is 9.59 Å². The van der Waals surface area contributed by atoms with Crippen LogP contribution in [0.15, 0.2) is 30.3 Å². The Morgan fingerprint density at radius 3 is 2.17 bits per heavy atom. The summed E-state index contributed by atoms with van der Waals surface area (Å²) in [5, 5.41) is 22.3. The quantitative estimate of drug-likeness (QED) is 0.522. The van der Waals surface area contributed by atoms with E-state index in [4.69, 9.17) is 5.11 Å². The highest BCUT2D eigenvalue weighted by Crippen LogP contribution is 2.05. The highest BCUT2D eigenvalue weighted by molar-refractivity contribution is 5.91. The summed E-state index contributed by atoms with van der Waals surface area (Å²) in [5.41, 5.74) is 0.681. The molecule has 0 bridgehead atoms. The minimum absolute atomic E-state index is 0.0138. The lowest BCUT2D eigenvalue weighted by Crippen LogP contribution is -2.52. The van der Waals surface area contributed by atoms with Crippen LogP contribution in [0.3, 0.4) is 0 Å². The van der Waals surface area contributed by atoms with Crippen LogP contribution in [0, 0.1) is 0 Å². The van der Waals surface area contributed by atoms with Crippen LogP contribution >= 0.6 is 0 Å². The largest absolute Gasteiger partial charge is 0.481 e. The molecule has 0 aliphatic carbocycles. The second kappa shape index (κ2) is 9.13. The van der Waals surface area contributed by atoms with Crippen LogP contribution in [-0.2, 0) is 25.5 Å².